The third-order valence-electron chi connectivity index (χ3n) is 1.39. The van der Waals surface area contributed by atoms with Gasteiger partial charge >= 0.3 is 5.97 Å². The van der Waals surface area contributed by atoms with E-state index in [-0.39, 0.29) is 19.0 Å². The van der Waals surface area contributed by atoms with Gasteiger partial charge in [-0.05, 0) is 20.3 Å². The fraction of sp³-hybridized carbons (Fsp3) is 0.857. The van der Waals surface area contributed by atoms with E-state index < -0.39 is 22.3 Å². The molecule has 0 amide bonds. The summed E-state index contributed by atoms with van der Waals surface area (Å²) in [4.78, 5) is 10.2. The van der Waals surface area contributed by atoms with Crippen LogP contribution in [0.3, 0.4) is 0 Å². The van der Waals surface area contributed by atoms with Gasteiger partial charge in [-0.3, -0.25) is 0 Å². The minimum Gasteiger partial charge on any atom is -0.479 e. The highest BCUT2D eigenvalue weighted by Crippen LogP contribution is 1.91. The van der Waals surface area contributed by atoms with Crippen LogP contribution >= 0.6 is 0 Å². The molecule has 7 nitrogen and oxygen atoms in total. The van der Waals surface area contributed by atoms with Gasteiger partial charge in [0.05, 0.1) is 0 Å². The van der Waals surface area contributed by atoms with E-state index in [1.807, 2.05) is 0 Å². The molecule has 0 radical (unpaired) electrons. The van der Waals surface area contributed by atoms with E-state index in [0.717, 1.165) is 0 Å². The van der Waals surface area contributed by atoms with Gasteiger partial charge in [0.1, 0.15) is 0 Å². The van der Waals surface area contributed by atoms with E-state index in [9.17, 15) is 13.2 Å². The van der Waals surface area contributed by atoms with Crippen molar-refractivity contribution in [3.05, 3.63) is 0 Å². The van der Waals surface area contributed by atoms with Crippen molar-refractivity contribution in [2.45, 2.75) is 32.4 Å². The molecule has 1 atom stereocenters. The molecule has 0 fully saturated rings. The van der Waals surface area contributed by atoms with Crippen molar-refractivity contribution in [1.82, 2.24) is 9.44 Å². The molecular weight excluding hydrogens is 224 g/mol. The lowest BCUT2D eigenvalue weighted by Gasteiger charge is -2.11. The van der Waals surface area contributed by atoms with E-state index in [1.54, 1.807) is 13.8 Å². The number of rotatable bonds is 7. The Labute approximate surface area is 88.7 Å². The van der Waals surface area contributed by atoms with Crippen molar-refractivity contribution in [2.24, 2.45) is 0 Å². The van der Waals surface area contributed by atoms with E-state index in [4.69, 9.17) is 10.2 Å². The normalized spacial score (nSPS) is 14.1. The first-order chi connectivity index (χ1) is 6.74. The van der Waals surface area contributed by atoms with Crippen LogP contribution in [0.2, 0.25) is 0 Å². The van der Waals surface area contributed by atoms with Crippen LogP contribution in [0, 0.1) is 0 Å². The monoisotopic (exact) mass is 240 g/mol. The maximum atomic E-state index is 11.1. The summed E-state index contributed by atoms with van der Waals surface area (Å²) in [7, 11) is -3.61. The molecule has 0 heterocycles. The summed E-state index contributed by atoms with van der Waals surface area (Å²) in [5, 5.41) is 17.2. The highest BCUT2D eigenvalue weighted by molar-refractivity contribution is 7.87. The number of hydrogen-bond donors (Lipinski definition) is 4. The van der Waals surface area contributed by atoms with Crippen LogP contribution in [0.25, 0.3) is 0 Å². The Kier molecular flexibility index (Phi) is 5.73. The summed E-state index contributed by atoms with van der Waals surface area (Å²) in [5.41, 5.74) is 0. The third kappa shape index (κ3) is 7.25. The second-order valence-electron chi connectivity index (χ2n) is 3.31. The standard InChI is InChI=1S/C7H16N2O5S/c1-5(2)9-15(13,14)8-4-3-6(10)7(11)12/h5-6,8-10H,3-4H2,1-2H3,(H,11,12). The largest absolute Gasteiger partial charge is 0.479 e. The number of hydrogen-bond acceptors (Lipinski definition) is 4. The summed E-state index contributed by atoms with van der Waals surface area (Å²) in [6.07, 6.45) is -1.72. The summed E-state index contributed by atoms with van der Waals surface area (Å²) >= 11 is 0. The van der Waals surface area contributed by atoms with Gasteiger partial charge in [-0.15, -0.1) is 0 Å². The molecule has 0 spiro atoms. The second kappa shape index (κ2) is 6.01. The molecule has 0 aliphatic rings. The molecule has 0 rings (SSSR count). The molecule has 8 heteroatoms. The van der Waals surface area contributed by atoms with Crippen LogP contribution in [-0.2, 0) is 15.0 Å². The minimum atomic E-state index is -3.61. The zero-order valence-corrected chi connectivity index (χ0v) is 9.41. The lowest BCUT2D eigenvalue weighted by molar-refractivity contribution is -0.146. The highest BCUT2D eigenvalue weighted by atomic mass is 32.2. The first-order valence-electron chi connectivity index (χ1n) is 4.42. The van der Waals surface area contributed by atoms with Gasteiger partial charge in [0.15, 0.2) is 6.10 Å². The molecule has 90 valence electrons. The Balaban J connectivity index is 3.91. The quantitative estimate of drug-likeness (QED) is 0.439. The fourth-order valence-corrected chi connectivity index (χ4v) is 1.90. The Morgan fingerprint density at radius 1 is 1.40 bits per heavy atom. The Hall–Kier alpha value is -0.700. The number of carboxylic acids is 1. The smallest absolute Gasteiger partial charge is 0.332 e. The van der Waals surface area contributed by atoms with Gasteiger partial charge in [0, 0.05) is 12.6 Å². The van der Waals surface area contributed by atoms with Gasteiger partial charge in [-0.25, -0.2) is 9.52 Å². The maximum absolute atomic E-state index is 11.1. The molecule has 0 aromatic rings. The number of aliphatic hydroxyl groups excluding tert-OH is 1. The van der Waals surface area contributed by atoms with Gasteiger partial charge in [0.2, 0.25) is 0 Å². The number of aliphatic carboxylic acids is 1. The van der Waals surface area contributed by atoms with Crippen LogP contribution in [0.4, 0.5) is 0 Å². The van der Waals surface area contributed by atoms with Gasteiger partial charge in [0.25, 0.3) is 10.2 Å². The van der Waals surface area contributed by atoms with Crippen molar-refractivity contribution < 1.29 is 23.4 Å². The number of nitrogens with one attached hydrogen (secondary N) is 2. The van der Waals surface area contributed by atoms with Gasteiger partial charge < -0.3 is 10.2 Å². The summed E-state index contributed by atoms with van der Waals surface area (Å²) in [6, 6.07) is -0.244. The summed E-state index contributed by atoms with van der Waals surface area (Å²) in [6.45, 7) is 3.19. The van der Waals surface area contributed by atoms with E-state index >= 15 is 0 Å². The molecule has 0 saturated heterocycles. The molecule has 4 N–H and O–H groups in total. The highest BCUT2D eigenvalue weighted by Gasteiger charge is 2.15. The van der Waals surface area contributed by atoms with Gasteiger partial charge in [-0.1, -0.05) is 0 Å². The molecule has 0 aliphatic heterocycles. The van der Waals surface area contributed by atoms with Crippen molar-refractivity contribution in [3.63, 3.8) is 0 Å². The summed E-state index contributed by atoms with van der Waals surface area (Å²) in [5.74, 6) is -1.37. The Morgan fingerprint density at radius 2 is 1.93 bits per heavy atom. The average molecular weight is 240 g/mol. The molecule has 1 unspecified atom stereocenters. The fourth-order valence-electron chi connectivity index (χ4n) is 0.805. The Bertz CT molecular complexity index is 301. The van der Waals surface area contributed by atoms with Gasteiger partial charge in [-0.2, -0.15) is 13.1 Å². The molecule has 0 aliphatic carbocycles. The molecule has 0 bridgehead atoms. The first-order valence-corrected chi connectivity index (χ1v) is 5.90. The average Bonchev–Trinajstić information content (AvgIpc) is 2.00. The Morgan fingerprint density at radius 3 is 2.33 bits per heavy atom. The van der Waals surface area contributed by atoms with Crippen molar-refractivity contribution in [1.29, 1.82) is 0 Å². The van der Waals surface area contributed by atoms with Crippen LogP contribution in [-0.4, -0.2) is 43.3 Å². The second-order valence-corrected chi connectivity index (χ2v) is 4.84. The summed E-state index contributed by atoms with van der Waals surface area (Å²) < 4.78 is 26.7. The molecule has 0 aromatic carbocycles. The third-order valence-corrected chi connectivity index (χ3v) is 2.75. The zero-order valence-electron chi connectivity index (χ0n) is 8.60. The van der Waals surface area contributed by atoms with Crippen molar-refractivity contribution in [2.75, 3.05) is 6.54 Å². The lowest BCUT2D eigenvalue weighted by Crippen LogP contribution is -2.41. The van der Waals surface area contributed by atoms with E-state index in [1.165, 1.54) is 0 Å². The lowest BCUT2D eigenvalue weighted by atomic mass is 10.3. The number of carboxylic acid groups (broad SMARTS) is 1. The number of carbonyl (C=O) groups is 1. The van der Waals surface area contributed by atoms with Crippen LogP contribution in [0.1, 0.15) is 20.3 Å². The zero-order chi connectivity index (χ0) is 12.1. The molecular formula is C7H16N2O5S. The van der Waals surface area contributed by atoms with Crippen LogP contribution in [0.5, 0.6) is 0 Å². The maximum Gasteiger partial charge on any atom is 0.332 e. The predicted octanol–water partition coefficient (Wildman–Crippen LogP) is -1.35. The van der Waals surface area contributed by atoms with E-state index in [0.29, 0.717) is 0 Å². The topological polar surface area (TPSA) is 116 Å². The SMILES string of the molecule is CC(C)NS(=O)(=O)NCCC(O)C(=O)O. The molecule has 0 aromatic heterocycles. The van der Waals surface area contributed by atoms with Crippen LogP contribution in [0.15, 0.2) is 0 Å². The molecule has 15 heavy (non-hydrogen) atoms. The first kappa shape index (κ1) is 14.3. The minimum absolute atomic E-state index is 0.129. The van der Waals surface area contributed by atoms with E-state index in [2.05, 4.69) is 9.44 Å². The predicted molar refractivity (Wildman–Crippen MR) is 53.5 cm³/mol. The van der Waals surface area contributed by atoms with Crippen LogP contribution < -0.4 is 9.44 Å². The van der Waals surface area contributed by atoms with Crippen molar-refractivity contribution in [3.8, 4) is 0 Å². The molecule has 0 saturated carbocycles. The van der Waals surface area contributed by atoms with Crippen molar-refractivity contribution >= 4 is 16.2 Å². The number of aliphatic hydroxyl groups is 1.